The van der Waals surface area contributed by atoms with Gasteiger partial charge in [-0.2, -0.15) is 0 Å². The zero-order valence-electron chi connectivity index (χ0n) is 11.6. The van der Waals surface area contributed by atoms with Gasteiger partial charge in [0.25, 0.3) is 0 Å². The van der Waals surface area contributed by atoms with E-state index in [0.29, 0.717) is 5.54 Å². The summed E-state index contributed by atoms with van der Waals surface area (Å²) in [6.45, 7) is 4.13. The fraction of sp³-hybridized carbons (Fsp3) is 0.647. The predicted octanol–water partition coefficient (Wildman–Crippen LogP) is 2.73. The predicted molar refractivity (Wildman–Crippen MR) is 76.1 cm³/mol. The molecular formula is C17H23NO. The molecule has 1 heterocycles. The van der Waals surface area contributed by atoms with Gasteiger partial charge in [-0.25, -0.2) is 0 Å². The second-order valence-corrected chi connectivity index (χ2v) is 6.40. The van der Waals surface area contributed by atoms with Crippen molar-refractivity contribution in [3.8, 4) is 0 Å². The van der Waals surface area contributed by atoms with Crippen molar-refractivity contribution >= 4 is 0 Å². The SMILES string of the molecule is c1ccc(CC2(N3CCOCC3)[C@@H]3CCC[C@@H]32)cc1. The number of ether oxygens (including phenoxy) is 1. The first-order valence-electron chi connectivity index (χ1n) is 7.78. The molecule has 0 bridgehead atoms. The van der Waals surface area contributed by atoms with Crippen LogP contribution in [0, 0.1) is 11.8 Å². The lowest BCUT2D eigenvalue weighted by Crippen LogP contribution is -2.49. The first-order valence-corrected chi connectivity index (χ1v) is 7.78. The summed E-state index contributed by atoms with van der Waals surface area (Å²) in [6, 6.07) is 11.1. The topological polar surface area (TPSA) is 12.5 Å². The largest absolute Gasteiger partial charge is 0.379 e. The van der Waals surface area contributed by atoms with Crippen molar-refractivity contribution in [2.45, 2.75) is 31.2 Å². The molecule has 3 aliphatic rings. The van der Waals surface area contributed by atoms with Crippen LogP contribution in [0.4, 0.5) is 0 Å². The van der Waals surface area contributed by atoms with Gasteiger partial charge < -0.3 is 4.74 Å². The normalized spacial score (nSPS) is 38.1. The second-order valence-electron chi connectivity index (χ2n) is 6.40. The molecule has 0 amide bonds. The first kappa shape index (κ1) is 11.9. The van der Waals surface area contributed by atoms with Crippen molar-refractivity contribution in [1.29, 1.82) is 0 Å². The molecule has 0 N–H and O–H groups in total. The molecule has 3 fully saturated rings. The van der Waals surface area contributed by atoms with Crippen LogP contribution in [0.5, 0.6) is 0 Å². The quantitative estimate of drug-likeness (QED) is 0.825. The number of nitrogens with zero attached hydrogens (tertiary/aromatic N) is 1. The third kappa shape index (κ3) is 1.85. The van der Waals surface area contributed by atoms with E-state index in [1.54, 1.807) is 0 Å². The smallest absolute Gasteiger partial charge is 0.0594 e. The van der Waals surface area contributed by atoms with Crippen LogP contribution in [0.2, 0.25) is 0 Å². The highest BCUT2D eigenvalue weighted by Gasteiger charge is 2.68. The number of morpholine rings is 1. The molecule has 19 heavy (non-hydrogen) atoms. The van der Waals surface area contributed by atoms with E-state index in [9.17, 15) is 0 Å². The molecule has 3 atom stereocenters. The molecule has 1 aromatic rings. The Kier molecular flexibility index (Phi) is 2.89. The summed E-state index contributed by atoms with van der Waals surface area (Å²) in [5, 5.41) is 0. The molecule has 0 aromatic heterocycles. The lowest BCUT2D eigenvalue weighted by atomic mass is 9.94. The molecule has 1 unspecified atom stereocenters. The lowest BCUT2D eigenvalue weighted by molar-refractivity contribution is -0.000850. The molecule has 1 saturated heterocycles. The summed E-state index contributed by atoms with van der Waals surface area (Å²) in [5.74, 6) is 1.93. The Bertz CT molecular complexity index is 428. The maximum atomic E-state index is 5.55. The molecule has 4 rings (SSSR count). The van der Waals surface area contributed by atoms with Crippen LogP contribution in [-0.4, -0.2) is 36.7 Å². The summed E-state index contributed by atoms with van der Waals surface area (Å²) in [5.41, 5.74) is 2.01. The Labute approximate surface area is 115 Å². The van der Waals surface area contributed by atoms with E-state index in [2.05, 4.69) is 35.2 Å². The average Bonchev–Trinajstić information content (AvgIpc) is 2.86. The van der Waals surface area contributed by atoms with Crippen LogP contribution in [0.15, 0.2) is 30.3 Å². The second kappa shape index (κ2) is 4.60. The van der Waals surface area contributed by atoms with E-state index in [1.807, 2.05) is 0 Å². The Morgan fingerprint density at radius 2 is 1.74 bits per heavy atom. The minimum Gasteiger partial charge on any atom is -0.379 e. The summed E-state index contributed by atoms with van der Waals surface area (Å²) in [4.78, 5) is 2.76. The van der Waals surface area contributed by atoms with Crippen molar-refractivity contribution < 1.29 is 4.74 Å². The maximum Gasteiger partial charge on any atom is 0.0594 e. The van der Waals surface area contributed by atoms with E-state index in [1.165, 1.54) is 31.2 Å². The molecule has 1 aromatic carbocycles. The van der Waals surface area contributed by atoms with Crippen LogP contribution >= 0.6 is 0 Å². The number of fused-ring (bicyclic) bond motifs is 1. The van der Waals surface area contributed by atoms with Gasteiger partial charge in [0.1, 0.15) is 0 Å². The molecule has 0 radical (unpaired) electrons. The summed E-state index contributed by atoms with van der Waals surface area (Å²) in [6.07, 6.45) is 5.61. The van der Waals surface area contributed by atoms with Crippen LogP contribution in [-0.2, 0) is 11.2 Å². The molecule has 2 heteroatoms. The van der Waals surface area contributed by atoms with Gasteiger partial charge in [0.05, 0.1) is 13.2 Å². The van der Waals surface area contributed by atoms with Gasteiger partial charge in [-0.15, -0.1) is 0 Å². The van der Waals surface area contributed by atoms with Crippen LogP contribution in [0.3, 0.4) is 0 Å². The highest BCUT2D eigenvalue weighted by Crippen LogP contribution is 2.65. The van der Waals surface area contributed by atoms with Crippen LogP contribution < -0.4 is 0 Å². The fourth-order valence-electron chi connectivity index (χ4n) is 4.79. The maximum absolute atomic E-state index is 5.55. The van der Waals surface area contributed by atoms with Gasteiger partial charge in [0.2, 0.25) is 0 Å². The van der Waals surface area contributed by atoms with E-state index in [0.717, 1.165) is 38.1 Å². The van der Waals surface area contributed by atoms with E-state index >= 15 is 0 Å². The number of rotatable bonds is 3. The van der Waals surface area contributed by atoms with Gasteiger partial charge in [0.15, 0.2) is 0 Å². The Morgan fingerprint density at radius 1 is 1.05 bits per heavy atom. The van der Waals surface area contributed by atoms with Gasteiger partial charge >= 0.3 is 0 Å². The van der Waals surface area contributed by atoms with Crippen molar-refractivity contribution in [2.75, 3.05) is 26.3 Å². The minimum absolute atomic E-state index is 0.489. The Balaban J connectivity index is 1.59. The molecule has 2 aliphatic carbocycles. The fourth-order valence-corrected chi connectivity index (χ4v) is 4.79. The van der Waals surface area contributed by atoms with Gasteiger partial charge in [-0.05, 0) is 36.7 Å². The summed E-state index contributed by atoms with van der Waals surface area (Å²) < 4.78 is 5.55. The standard InChI is InChI=1S/C17H23NO/c1-2-5-14(6-3-1)13-17(15-7-4-8-16(15)17)18-9-11-19-12-10-18/h1-3,5-6,15-16H,4,7-13H2/t15-,16+,17?. The van der Waals surface area contributed by atoms with Crippen molar-refractivity contribution in [3.05, 3.63) is 35.9 Å². The molecule has 0 spiro atoms. The molecule has 102 valence electrons. The van der Waals surface area contributed by atoms with Crippen LogP contribution in [0.1, 0.15) is 24.8 Å². The van der Waals surface area contributed by atoms with Crippen molar-refractivity contribution in [1.82, 2.24) is 4.90 Å². The monoisotopic (exact) mass is 257 g/mol. The summed E-state index contributed by atoms with van der Waals surface area (Å²) in [7, 11) is 0. The van der Waals surface area contributed by atoms with Gasteiger partial charge in [0, 0.05) is 18.6 Å². The van der Waals surface area contributed by atoms with Crippen LogP contribution in [0.25, 0.3) is 0 Å². The Hall–Kier alpha value is -0.860. The Morgan fingerprint density at radius 3 is 2.42 bits per heavy atom. The zero-order valence-corrected chi connectivity index (χ0v) is 11.6. The number of benzene rings is 1. The van der Waals surface area contributed by atoms with E-state index < -0.39 is 0 Å². The molecule has 2 nitrogen and oxygen atoms in total. The molecule has 2 saturated carbocycles. The van der Waals surface area contributed by atoms with Crippen molar-refractivity contribution in [3.63, 3.8) is 0 Å². The first-order chi connectivity index (χ1) is 9.41. The van der Waals surface area contributed by atoms with E-state index in [4.69, 9.17) is 4.74 Å². The number of hydrogen-bond acceptors (Lipinski definition) is 2. The number of hydrogen-bond donors (Lipinski definition) is 0. The van der Waals surface area contributed by atoms with Gasteiger partial charge in [-0.3, -0.25) is 4.90 Å². The van der Waals surface area contributed by atoms with E-state index in [-0.39, 0.29) is 0 Å². The third-order valence-electron chi connectivity index (χ3n) is 5.62. The highest BCUT2D eigenvalue weighted by atomic mass is 16.5. The van der Waals surface area contributed by atoms with Gasteiger partial charge in [-0.1, -0.05) is 36.8 Å². The molecular weight excluding hydrogens is 234 g/mol. The van der Waals surface area contributed by atoms with Crippen molar-refractivity contribution in [2.24, 2.45) is 11.8 Å². The third-order valence-corrected chi connectivity index (χ3v) is 5.62. The highest BCUT2D eigenvalue weighted by molar-refractivity contribution is 5.28. The average molecular weight is 257 g/mol. The minimum atomic E-state index is 0.489. The zero-order chi connectivity index (χ0) is 12.7. The molecule has 1 aliphatic heterocycles. The lowest BCUT2D eigenvalue weighted by Gasteiger charge is -2.38. The summed E-state index contributed by atoms with van der Waals surface area (Å²) >= 11 is 0.